The van der Waals surface area contributed by atoms with Crippen molar-refractivity contribution in [3.63, 3.8) is 0 Å². The maximum atomic E-state index is 5.43. The van der Waals surface area contributed by atoms with Crippen LogP contribution in [0.5, 0.6) is 0 Å². The number of fused-ring (bicyclic) bond motifs is 1. The van der Waals surface area contributed by atoms with E-state index in [1.807, 2.05) is 33.0 Å². The van der Waals surface area contributed by atoms with Crippen molar-refractivity contribution < 1.29 is 9.26 Å². The van der Waals surface area contributed by atoms with E-state index in [0.717, 1.165) is 54.7 Å². The first-order chi connectivity index (χ1) is 11.6. The molecule has 3 aromatic rings. The van der Waals surface area contributed by atoms with Crippen molar-refractivity contribution in [2.75, 3.05) is 31.2 Å². The molecule has 7 nitrogen and oxygen atoms in total. The smallest absolute Gasteiger partial charge is 0.258 e. The number of hydrogen-bond acceptors (Lipinski definition) is 6. The van der Waals surface area contributed by atoms with Crippen molar-refractivity contribution in [1.82, 2.24) is 19.7 Å². The quantitative estimate of drug-likeness (QED) is 0.736. The number of aryl methyl sites for hydroxylation is 1. The Kier molecular flexibility index (Phi) is 3.72. The van der Waals surface area contributed by atoms with Crippen LogP contribution >= 0.6 is 0 Å². The molecule has 0 aliphatic carbocycles. The zero-order valence-electron chi connectivity index (χ0n) is 14.2. The summed E-state index contributed by atoms with van der Waals surface area (Å²) in [6, 6.07) is 6.07. The molecule has 1 aliphatic heterocycles. The minimum Gasteiger partial charge on any atom is -0.378 e. The Balaban J connectivity index is 1.72. The van der Waals surface area contributed by atoms with Crippen molar-refractivity contribution in [3.05, 3.63) is 24.0 Å². The van der Waals surface area contributed by atoms with Crippen molar-refractivity contribution >= 4 is 17.0 Å². The van der Waals surface area contributed by atoms with Gasteiger partial charge in [-0.2, -0.15) is 4.98 Å². The van der Waals surface area contributed by atoms with Crippen molar-refractivity contribution in [3.8, 4) is 11.5 Å². The molecule has 0 spiro atoms. The second kappa shape index (κ2) is 5.90. The van der Waals surface area contributed by atoms with Crippen LogP contribution in [0.25, 0.3) is 22.5 Å². The molecule has 0 atom stereocenters. The first-order valence-electron chi connectivity index (χ1n) is 8.26. The third-order valence-electron chi connectivity index (χ3n) is 4.36. The molecule has 0 radical (unpaired) electrons. The lowest BCUT2D eigenvalue weighted by Crippen LogP contribution is -2.37. The van der Waals surface area contributed by atoms with Gasteiger partial charge in [-0.15, -0.1) is 0 Å². The van der Waals surface area contributed by atoms with Gasteiger partial charge in [0.1, 0.15) is 0 Å². The molecule has 7 heteroatoms. The molecule has 0 unspecified atom stereocenters. The Hall–Kier alpha value is -2.41. The maximum Gasteiger partial charge on any atom is 0.258 e. The van der Waals surface area contributed by atoms with Crippen LogP contribution in [0.15, 0.2) is 22.7 Å². The predicted molar refractivity (Wildman–Crippen MR) is 91.1 cm³/mol. The first kappa shape index (κ1) is 15.1. The Morgan fingerprint density at radius 1 is 1.12 bits per heavy atom. The van der Waals surface area contributed by atoms with Gasteiger partial charge in [0, 0.05) is 31.6 Å². The van der Waals surface area contributed by atoms with Gasteiger partial charge >= 0.3 is 0 Å². The van der Waals surface area contributed by atoms with Crippen LogP contribution in [0.1, 0.15) is 25.6 Å². The molecular weight excluding hydrogens is 306 g/mol. The summed E-state index contributed by atoms with van der Waals surface area (Å²) in [6.45, 7) is 7.32. The predicted octanol–water partition coefficient (Wildman–Crippen LogP) is 2.58. The Morgan fingerprint density at radius 2 is 1.92 bits per heavy atom. The molecule has 2 aromatic heterocycles. The highest BCUT2D eigenvalue weighted by Gasteiger charge is 2.19. The number of hydrogen-bond donors (Lipinski definition) is 0. The Morgan fingerprint density at radius 3 is 2.62 bits per heavy atom. The van der Waals surface area contributed by atoms with Gasteiger partial charge in [-0.25, -0.2) is 4.98 Å². The molecule has 1 aliphatic rings. The highest BCUT2D eigenvalue weighted by molar-refractivity contribution is 5.83. The minimum absolute atomic E-state index is 0.244. The fraction of sp³-hybridized carbons (Fsp3) is 0.471. The van der Waals surface area contributed by atoms with E-state index in [-0.39, 0.29) is 5.92 Å². The monoisotopic (exact) mass is 327 g/mol. The van der Waals surface area contributed by atoms with Gasteiger partial charge in [0.05, 0.1) is 24.2 Å². The van der Waals surface area contributed by atoms with E-state index in [9.17, 15) is 0 Å². The fourth-order valence-corrected chi connectivity index (χ4v) is 2.95. The van der Waals surface area contributed by atoms with E-state index in [1.165, 1.54) is 0 Å². The lowest BCUT2D eigenvalue weighted by Gasteiger charge is -2.27. The van der Waals surface area contributed by atoms with Gasteiger partial charge in [0.15, 0.2) is 5.82 Å². The Labute approximate surface area is 140 Å². The molecule has 4 rings (SSSR count). The number of ether oxygens (including phenoxy) is 1. The van der Waals surface area contributed by atoms with Gasteiger partial charge < -0.3 is 18.7 Å². The van der Waals surface area contributed by atoms with Gasteiger partial charge in [0.25, 0.3) is 5.89 Å². The highest BCUT2D eigenvalue weighted by atomic mass is 16.5. The molecule has 24 heavy (non-hydrogen) atoms. The zero-order chi connectivity index (χ0) is 16.7. The summed E-state index contributed by atoms with van der Waals surface area (Å²) in [4.78, 5) is 11.5. The van der Waals surface area contributed by atoms with Crippen LogP contribution in [-0.2, 0) is 11.8 Å². The average Bonchev–Trinajstić information content (AvgIpc) is 3.21. The number of morpholine rings is 1. The SMILES string of the molecule is CC(C)c1noc(-c2ccc3c(c2)nc(N2CCOCC2)n3C)n1. The average molecular weight is 327 g/mol. The van der Waals surface area contributed by atoms with Gasteiger partial charge in [-0.3, -0.25) is 0 Å². The summed E-state index contributed by atoms with van der Waals surface area (Å²) in [5.74, 6) is 2.48. The molecule has 1 fully saturated rings. The second-order valence-electron chi connectivity index (χ2n) is 6.39. The third-order valence-corrected chi connectivity index (χ3v) is 4.36. The molecule has 1 saturated heterocycles. The van der Waals surface area contributed by atoms with Crippen LogP contribution in [-0.4, -0.2) is 46.0 Å². The third kappa shape index (κ3) is 2.54. The maximum absolute atomic E-state index is 5.43. The molecule has 3 heterocycles. The zero-order valence-corrected chi connectivity index (χ0v) is 14.2. The lowest BCUT2D eigenvalue weighted by molar-refractivity contribution is 0.122. The van der Waals surface area contributed by atoms with E-state index < -0.39 is 0 Å². The van der Waals surface area contributed by atoms with E-state index in [4.69, 9.17) is 14.2 Å². The van der Waals surface area contributed by atoms with Crippen molar-refractivity contribution in [2.45, 2.75) is 19.8 Å². The summed E-state index contributed by atoms with van der Waals surface area (Å²) in [7, 11) is 2.05. The van der Waals surface area contributed by atoms with E-state index >= 15 is 0 Å². The van der Waals surface area contributed by atoms with Crippen LogP contribution < -0.4 is 4.90 Å². The summed E-state index contributed by atoms with van der Waals surface area (Å²) < 4.78 is 12.9. The summed E-state index contributed by atoms with van der Waals surface area (Å²) >= 11 is 0. The highest BCUT2D eigenvalue weighted by Crippen LogP contribution is 2.27. The molecule has 126 valence electrons. The first-order valence-corrected chi connectivity index (χ1v) is 8.26. The normalized spacial score (nSPS) is 15.6. The van der Waals surface area contributed by atoms with Crippen molar-refractivity contribution in [1.29, 1.82) is 0 Å². The molecule has 0 saturated carbocycles. The number of imidazole rings is 1. The number of aromatic nitrogens is 4. The summed E-state index contributed by atoms with van der Waals surface area (Å²) in [6.07, 6.45) is 0. The van der Waals surface area contributed by atoms with Crippen molar-refractivity contribution in [2.24, 2.45) is 7.05 Å². The molecular formula is C17H21N5O2. The molecule has 0 amide bonds. The molecule has 0 bridgehead atoms. The number of benzene rings is 1. The Bertz CT molecular complexity index is 861. The standard InChI is InChI=1S/C17H21N5O2/c1-11(2)15-19-16(24-20-15)12-4-5-14-13(10-12)18-17(21(14)3)22-6-8-23-9-7-22/h4-5,10-11H,6-9H2,1-3H3. The molecule has 1 aromatic carbocycles. The number of nitrogens with zero attached hydrogens (tertiary/aromatic N) is 5. The lowest BCUT2D eigenvalue weighted by atomic mass is 10.2. The summed E-state index contributed by atoms with van der Waals surface area (Å²) in [5.41, 5.74) is 2.91. The van der Waals surface area contributed by atoms with E-state index in [1.54, 1.807) is 0 Å². The number of rotatable bonds is 3. The van der Waals surface area contributed by atoms with E-state index in [0.29, 0.717) is 5.89 Å². The van der Waals surface area contributed by atoms with E-state index in [2.05, 4.69) is 25.7 Å². The van der Waals surface area contributed by atoms with Gasteiger partial charge in [0.2, 0.25) is 5.95 Å². The van der Waals surface area contributed by atoms with Gasteiger partial charge in [-0.05, 0) is 18.2 Å². The second-order valence-corrected chi connectivity index (χ2v) is 6.39. The number of anilines is 1. The van der Waals surface area contributed by atoms with Crippen LogP contribution in [0, 0.1) is 0 Å². The minimum atomic E-state index is 0.244. The van der Waals surface area contributed by atoms with Gasteiger partial charge in [-0.1, -0.05) is 19.0 Å². The van der Waals surface area contributed by atoms with Crippen LogP contribution in [0.3, 0.4) is 0 Å². The summed E-state index contributed by atoms with van der Waals surface area (Å²) in [5, 5.41) is 4.03. The molecule has 0 N–H and O–H groups in total. The topological polar surface area (TPSA) is 69.2 Å². The van der Waals surface area contributed by atoms with Crippen LogP contribution in [0.4, 0.5) is 5.95 Å². The fourth-order valence-electron chi connectivity index (χ4n) is 2.95. The largest absolute Gasteiger partial charge is 0.378 e. The van der Waals surface area contributed by atoms with Crippen LogP contribution in [0.2, 0.25) is 0 Å².